The van der Waals surface area contributed by atoms with E-state index in [0.29, 0.717) is 18.0 Å². The lowest BCUT2D eigenvalue weighted by molar-refractivity contribution is -0.127. The lowest BCUT2D eigenvalue weighted by atomic mass is 10.2. The van der Waals surface area contributed by atoms with Gasteiger partial charge in [0, 0.05) is 18.0 Å². The molecule has 0 heterocycles. The van der Waals surface area contributed by atoms with Gasteiger partial charge in [-0.15, -0.1) is 11.8 Å². The number of carbonyl (C=O) groups is 2. The largest absolute Gasteiger partial charge is 0.478 e. The summed E-state index contributed by atoms with van der Waals surface area (Å²) in [4.78, 5) is 25.1. The Bertz CT molecular complexity index is 560. The highest BCUT2D eigenvalue weighted by Crippen LogP contribution is 2.21. The first-order valence-electron chi connectivity index (χ1n) is 6.43. The maximum absolute atomic E-state index is 13.3. The fourth-order valence-corrected chi connectivity index (χ4v) is 2.53. The molecular formula is C15H18FNO3S. The average molecular weight is 311 g/mol. The van der Waals surface area contributed by atoms with E-state index < -0.39 is 11.8 Å². The normalized spacial score (nSPS) is 10.2. The molecule has 1 aromatic rings. The molecule has 0 atom stereocenters. The summed E-state index contributed by atoms with van der Waals surface area (Å²) in [6, 6.07) is 3.81. The van der Waals surface area contributed by atoms with Crippen molar-refractivity contribution in [1.82, 2.24) is 4.90 Å². The summed E-state index contributed by atoms with van der Waals surface area (Å²) >= 11 is 1.19. The van der Waals surface area contributed by atoms with E-state index in [0.717, 1.165) is 11.6 Å². The zero-order chi connectivity index (χ0) is 16.0. The van der Waals surface area contributed by atoms with Gasteiger partial charge >= 0.3 is 5.97 Å². The third-order valence-electron chi connectivity index (χ3n) is 2.73. The van der Waals surface area contributed by atoms with Gasteiger partial charge in [-0.1, -0.05) is 12.2 Å². The van der Waals surface area contributed by atoms with Crippen molar-refractivity contribution in [3.63, 3.8) is 0 Å². The van der Waals surface area contributed by atoms with Gasteiger partial charge in [0.1, 0.15) is 5.82 Å². The van der Waals surface area contributed by atoms with Crippen molar-refractivity contribution in [1.29, 1.82) is 0 Å². The van der Waals surface area contributed by atoms with E-state index in [2.05, 4.69) is 6.58 Å². The number of likely N-dealkylation sites (N-methyl/N-ethyl adjacent to an activating group) is 1. The van der Waals surface area contributed by atoms with E-state index in [1.54, 1.807) is 4.90 Å². The second-order valence-electron chi connectivity index (χ2n) is 4.60. The molecule has 0 aliphatic heterocycles. The van der Waals surface area contributed by atoms with Crippen molar-refractivity contribution >= 4 is 23.6 Å². The molecule has 0 saturated carbocycles. The summed E-state index contributed by atoms with van der Waals surface area (Å²) in [5.74, 6) is -1.99. The first-order valence-corrected chi connectivity index (χ1v) is 7.41. The Balaban J connectivity index is 2.70. The molecule has 0 aliphatic rings. The Labute approximate surface area is 127 Å². The number of carboxylic acid groups (broad SMARTS) is 1. The molecule has 0 spiro atoms. The molecule has 0 aromatic heterocycles. The van der Waals surface area contributed by atoms with Crippen LogP contribution in [-0.4, -0.2) is 40.7 Å². The van der Waals surface area contributed by atoms with E-state index in [-0.39, 0.29) is 17.2 Å². The van der Waals surface area contributed by atoms with Gasteiger partial charge in [0.15, 0.2) is 0 Å². The number of carbonyl (C=O) groups excluding carboxylic acids is 1. The van der Waals surface area contributed by atoms with Crippen LogP contribution in [0.25, 0.3) is 0 Å². The number of halogens is 1. The molecule has 1 rings (SSSR count). The van der Waals surface area contributed by atoms with Crippen molar-refractivity contribution in [2.24, 2.45) is 0 Å². The van der Waals surface area contributed by atoms with Crippen LogP contribution in [0, 0.1) is 5.82 Å². The van der Waals surface area contributed by atoms with Crippen LogP contribution in [-0.2, 0) is 4.79 Å². The number of thioether (sulfide) groups is 1. The molecule has 0 radical (unpaired) electrons. The quantitative estimate of drug-likeness (QED) is 0.621. The highest BCUT2D eigenvalue weighted by atomic mass is 32.2. The highest BCUT2D eigenvalue weighted by Gasteiger charge is 2.14. The van der Waals surface area contributed by atoms with Crippen molar-refractivity contribution in [2.75, 3.05) is 18.8 Å². The number of hydrogen-bond donors (Lipinski definition) is 1. The summed E-state index contributed by atoms with van der Waals surface area (Å²) in [6.07, 6.45) is 0. The van der Waals surface area contributed by atoms with Crippen LogP contribution >= 0.6 is 11.8 Å². The highest BCUT2D eigenvalue weighted by molar-refractivity contribution is 8.00. The maximum Gasteiger partial charge on any atom is 0.338 e. The second-order valence-corrected chi connectivity index (χ2v) is 5.65. The standard InChI is InChI=1S/C15H18FNO3S/c1-4-17(8-10(2)3)14(18)9-21-11-5-6-13(16)12(7-11)15(19)20/h5-7H,2,4,8-9H2,1,3H3,(H,19,20). The first-order chi connectivity index (χ1) is 9.85. The predicted octanol–water partition coefficient (Wildman–Crippen LogP) is 3.04. The molecule has 1 N–H and O–H groups in total. The second kappa shape index (κ2) is 7.83. The number of rotatable bonds is 7. The van der Waals surface area contributed by atoms with Crippen LogP contribution < -0.4 is 0 Å². The summed E-state index contributed by atoms with van der Waals surface area (Å²) in [6.45, 7) is 8.59. The SMILES string of the molecule is C=C(C)CN(CC)C(=O)CSc1ccc(F)c(C(=O)O)c1. The molecule has 6 heteroatoms. The van der Waals surface area contributed by atoms with Crippen LogP contribution in [0.5, 0.6) is 0 Å². The van der Waals surface area contributed by atoms with Crippen LogP contribution in [0.15, 0.2) is 35.2 Å². The van der Waals surface area contributed by atoms with Crippen molar-refractivity contribution in [3.05, 3.63) is 41.7 Å². The summed E-state index contributed by atoms with van der Waals surface area (Å²) in [5.41, 5.74) is 0.506. The number of aromatic carboxylic acids is 1. The summed E-state index contributed by atoms with van der Waals surface area (Å²) in [5, 5.41) is 8.86. The minimum absolute atomic E-state index is 0.0632. The lowest BCUT2D eigenvalue weighted by Crippen LogP contribution is -2.33. The van der Waals surface area contributed by atoms with Crippen molar-refractivity contribution in [2.45, 2.75) is 18.7 Å². The molecule has 0 fully saturated rings. The zero-order valence-corrected chi connectivity index (χ0v) is 12.9. The predicted molar refractivity (Wildman–Crippen MR) is 81.2 cm³/mol. The van der Waals surface area contributed by atoms with Crippen molar-refractivity contribution < 1.29 is 19.1 Å². The van der Waals surface area contributed by atoms with E-state index in [4.69, 9.17) is 5.11 Å². The van der Waals surface area contributed by atoms with Gasteiger partial charge in [-0.2, -0.15) is 0 Å². The van der Waals surface area contributed by atoms with Gasteiger partial charge in [-0.05, 0) is 32.0 Å². The molecule has 21 heavy (non-hydrogen) atoms. The number of nitrogens with zero attached hydrogens (tertiary/aromatic N) is 1. The van der Waals surface area contributed by atoms with E-state index in [1.807, 2.05) is 13.8 Å². The molecule has 0 aliphatic carbocycles. The van der Waals surface area contributed by atoms with Gasteiger partial charge in [-0.3, -0.25) is 4.79 Å². The van der Waals surface area contributed by atoms with Crippen LogP contribution in [0.1, 0.15) is 24.2 Å². The zero-order valence-electron chi connectivity index (χ0n) is 12.1. The fraction of sp³-hybridized carbons (Fsp3) is 0.333. The first kappa shape index (κ1) is 17.2. The van der Waals surface area contributed by atoms with E-state index in [9.17, 15) is 14.0 Å². The van der Waals surface area contributed by atoms with Gasteiger partial charge in [-0.25, -0.2) is 9.18 Å². The summed E-state index contributed by atoms with van der Waals surface area (Å²) < 4.78 is 13.3. The van der Waals surface area contributed by atoms with Crippen molar-refractivity contribution in [3.8, 4) is 0 Å². The minimum Gasteiger partial charge on any atom is -0.478 e. The van der Waals surface area contributed by atoms with E-state index >= 15 is 0 Å². The third-order valence-corrected chi connectivity index (χ3v) is 3.70. The Morgan fingerprint density at radius 2 is 2.10 bits per heavy atom. The fourth-order valence-electron chi connectivity index (χ4n) is 1.70. The molecule has 0 saturated heterocycles. The summed E-state index contributed by atoms with van der Waals surface area (Å²) in [7, 11) is 0. The molecule has 4 nitrogen and oxygen atoms in total. The monoisotopic (exact) mass is 311 g/mol. The van der Waals surface area contributed by atoms with Crippen LogP contribution in [0.4, 0.5) is 4.39 Å². The van der Waals surface area contributed by atoms with Gasteiger partial charge in [0.2, 0.25) is 5.91 Å². The Morgan fingerprint density at radius 1 is 1.43 bits per heavy atom. The Kier molecular flexibility index (Phi) is 6.42. The van der Waals surface area contributed by atoms with Gasteiger partial charge < -0.3 is 10.0 Å². The molecule has 0 unspecified atom stereocenters. The van der Waals surface area contributed by atoms with Crippen LogP contribution in [0.2, 0.25) is 0 Å². The topological polar surface area (TPSA) is 57.6 Å². The molecule has 114 valence electrons. The van der Waals surface area contributed by atoms with Gasteiger partial charge in [0.05, 0.1) is 11.3 Å². The molecule has 0 bridgehead atoms. The van der Waals surface area contributed by atoms with Crippen LogP contribution in [0.3, 0.4) is 0 Å². The smallest absolute Gasteiger partial charge is 0.338 e. The molecule has 1 amide bonds. The average Bonchev–Trinajstić information content (AvgIpc) is 2.42. The number of carboxylic acids is 1. The lowest BCUT2D eigenvalue weighted by Gasteiger charge is -2.20. The Morgan fingerprint density at radius 3 is 2.62 bits per heavy atom. The number of hydrogen-bond acceptors (Lipinski definition) is 3. The maximum atomic E-state index is 13.3. The molecular weight excluding hydrogens is 293 g/mol. The van der Waals surface area contributed by atoms with E-state index in [1.165, 1.54) is 23.9 Å². The Hall–Kier alpha value is -1.82. The molecule has 1 aromatic carbocycles. The minimum atomic E-state index is -1.32. The number of amides is 1. The third kappa shape index (κ3) is 5.23. The number of benzene rings is 1. The van der Waals surface area contributed by atoms with Gasteiger partial charge in [0.25, 0.3) is 0 Å².